The van der Waals surface area contributed by atoms with E-state index in [1.54, 1.807) is 14.1 Å². The van der Waals surface area contributed by atoms with Gasteiger partial charge in [-0.2, -0.15) is 0 Å². The van der Waals surface area contributed by atoms with E-state index in [-0.39, 0.29) is 23.8 Å². The van der Waals surface area contributed by atoms with Gasteiger partial charge in [-0.05, 0) is 42.5 Å². The predicted molar refractivity (Wildman–Crippen MR) is 104 cm³/mol. The zero-order valence-corrected chi connectivity index (χ0v) is 16.4. The van der Waals surface area contributed by atoms with Crippen molar-refractivity contribution in [1.82, 2.24) is 14.8 Å². The predicted octanol–water partition coefficient (Wildman–Crippen LogP) is 2.00. The third kappa shape index (κ3) is 2.38. The zero-order valence-electron chi connectivity index (χ0n) is 16.4. The van der Waals surface area contributed by atoms with Crippen molar-refractivity contribution in [2.75, 3.05) is 39.1 Å². The van der Waals surface area contributed by atoms with Crippen molar-refractivity contribution >= 4 is 17.5 Å². The number of hydrogen-bond donors (Lipinski definition) is 0. The molecule has 28 heavy (non-hydrogen) atoms. The molecule has 0 N–H and O–H groups in total. The lowest BCUT2D eigenvalue weighted by molar-refractivity contribution is 0.0728. The highest BCUT2D eigenvalue weighted by Crippen LogP contribution is 2.53. The minimum Gasteiger partial charge on any atom is -0.447 e. The number of oxazole rings is 1. The van der Waals surface area contributed by atoms with Crippen LogP contribution in [0.15, 0.2) is 29.0 Å². The molecule has 4 heterocycles. The Morgan fingerprint density at radius 3 is 2.89 bits per heavy atom. The van der Waals surface area contributed by atoms with Crippen molar-refractivity contribution in [2.45, 2.75) is 24.8 Å². The largest absolute Gasteiger partial charge is 0.447 e. The lowest BCUT2D eigenvalue weighted by Gasteiger charge is -2.35. The highest BCUT2D eigenvalue weighted by atomic mass is 16.3. The molecule has 0 radical (unpaired) electrons. The summed E-state index contributed by atoms with van der Waals surface area (Å²) in [4.78, 5) is 35.4. The Balaban J connectivity index is 1.39. The third-order valence-electron chi connectivity index (χ3n) is 6.52. The molecule has 3 unspecified atom stereocenters. The number of rotatable bonds is 3. The number of nitrogens with zero attached hydrogens (tertiary/aromatic N) is 4. The summed E-state index contributed by atoms with van der Waals surface area (Å²) in [6.07, 6.45) is 3.28. The van der Waals surface area contributed by atoms with Gasteiger partial charge in [0, 0.05) is 57.4 Å². The second-order valence-corrected chi connectivity index (χ2v) is 8.33. The second kappa shape index (κ2) is 6.09. The van der Waals surface area contributed by atoms with Crippen LogP contribution in [-0.2, 0) is 6.42 Å². The molecule has 2 aromatic rings. The molecule has 6 rings (SSSR count). The van der Waals surface area contributed by atoms with E-state index in [1.807, 2.05) is 17.0 Å². The lowest BCUT2D eigenvalue weighted by atomic mass is 9.72. The van der Waals surface area contributed by atoms with E-state index in [9.17, 15) is 9.59 Å². The van der Waals surface area contributed by atoms with Crippen LogP contribution < -0.4 is 4.90 Å². The van der Waals surface area contributed by atoms with Crippen molar-refractivity contribution < 1.29 is 14.0 Å². The lowest BCUT2D eigenvalue weighted by Crippen LogP contribution is -2.40. The summed E-state index contributed by atoms with van der Waals surface area (Å²) < 4.78 is 5.62. The molecule has 3 atom stereocenters. The van der Waals surface area contributed by atoms with Crippen LogP contribution in [-0.4, -0.2) is 66.9 Å². The summed E-state index contributed by atoms with van der Waals surface area (Å²) in [7, 11) is 5.49. The average molecular weight is 380 g/mol. The summed E-state index contributed by atoms with van der Waals surface area (Å²) >= 11 is 0. The van der Waals surface area contributed by atoms with Crippen molar-refractivity contribution in [3.05, 3.63) is 47.2 Å². The van der Waals surface area contributed by atoms with E-state index in [0.717, 1.165) is 24.9 Å². The SMILES string of the molecule is CN(C)C(=O)c1ncoc1C1C2CC1N(C(=O)c1ccc3c(c1)CCN3C)C2. The summed E-state index contributed by atoms with van der Waals surface area (Å²) in [5, 5.41) is 0. The van der Waals surface area contributed by atoms with Crippen LogP contribution in [0, 0.1) is 5.92 Å². The molecule has 2 amide bonds. The molecule has 2 saturated heterocycles. The van der Waals surface area contributed by atoms with Crippen molar-refractivity contribution in [2.24, 2.45) is 5.92 Å². The Morgan fingerprint density at radius 2 is 2.11 bits per heavy atom. The Hall–Kier alpha value is -2.83. The van der Waals surface area contributed by atoms with Gasteiger partial charge in [-0.15, -0.1) is 0 Å². The molecule has 7 nitrogen and oxygen atoms in total. The van der Waals surface area contributed by atoms with E-state index < -0.39 is 0 Å². The first-order chi connectivity index (χ1) is 13.5. The molecule has 3 aliphatic heterocycles. The first-order valence-corrected chi connectivity index (χ1v) is 9.75. The maximum absolute atomic E-state index is 13.2. The number of benzene rings is 1. The number of fused-ring (bicyclic) bond motifs is 2. The maximum Gasteiger partial charge on any atom is 0.275 e. The monoisotopic (exact) mass is 380 g/mol. The van der Waals surface area contributed by atoms with Crippen LogP contribution in [0.25, 0.3) is 0 Å². The highest BCUT2D eigenvalue weighted by molar-refractivity contribution is 5.96. The molecule has 1 aromatic heterocycles. The third-order valence-corrected chi connectivity index (χ3v) is 6.52. The van der Waals surface area contributed by atoms with Gasteiger partial charge >= 0.3 is 0 Å². The normalized spacial score (nSPS) is 24.9. The molecule has 1 saturated carbocycles. The summed E-state index contributed by atoms with van der Waals surface area (Å²) in [5.74, 6) is 0.941. The molecular formula is C21H24N4O3. The van der Waals surface area contributed by atoms with Gasteiger partial charge in [-0.1, -0.05) is 0 Å². The van der Waals surface area contributed by atoms with Crippen LogP contribution >= 0.6 is 0 Å². The van der Waals surface area contributed by atoms with Crippen LogP contribution in [0.4, 0.5) is 5.69 Å². The van der Waals surface area contributed by atoms with Crippen molar-refractivity contribution in [3.8, 4) is 0 Å². The van der Waals surface area contributed by atoms with Gasteiger partial charge in [-0.3, -0.25) is 9.59 Å². The number of likely N-dealkylation sites (N-methyl/N-ethyl adjacent to an activating group) is 1. The molecule has 3 fully saturated rings. The van der Waals surface area contributed by atoms with E-state index in [4.69, 9.17) is 4.42 Å². The van der Waals surface area contributed by atoms with Gasteiger partial charge in [0.25, 0.3) is 11.8 Å². The van der Waals surface area contributed by atoms with E-state index in [1.165, 1.54) is 22.5 Å². The minimum absolute atomic E-state index is 0.0610. The quantitative estimate of drug-likeness (QED) is 0.815. The number of anilines is 1. The first kappa shape index (κ1) is 17.3. The molecular weight excluding hydrogens is 356 g/mol. The molecule has 146 valence electrons. The summed E-state index contributed by atoms with van der Waals surface area (Å²) in [6.45, 7) is 1.71. The Kier molecular flexibility index (Phi) is 3.76. The number of amides is 2. The van der Waals surface area contributed by atoms with Crippen LogP contribution in [0.5, 0.6) is 0 Å². The number of carbonyl (C=O) groups excluding carboxylic acids is 2. The average Bonchev–Trinajstić information content (AvgIpc) is 3.43. The fourth-order valence-electron chi connectivity index (χ4n) is 4.97. The topological polar surface area (TPSA) is 69.9 Å². The molecule has 7 heteroatoms. The van der Waals surface area contributed by atoms with Crippen LogP contribution in [0.2, 0.25) is 0 Å². The van der Waals surface area contributed by atoms with Gasteiger partial charge < -0.3 is 19.1 Å². The standard InChI is InChI=1S/C21H24N4O3/c1-23(2)21(27)18-19(28-11-22-18)17-14-9-16(17)25(10-14)20(26)13-4-5-15-12(8-13)6-7-24(15)3/h4-5,8,11,14,16-17H,6-7,9-10H2,1-3H3. The van der Waals surface area contributed by atoms with Gasteiger partial charge in [-0.25, -0.2) is 4.98 Å². The van der Waals surface area contributed by atoms with E-state index >= 15 is 0 Å². The minimum atomic E-state index is -0.157. The van der Waals surface area contributed by atoms with E-state index in [2.05, 4.69) is 23.0 Å². The fourth-order valence-corrected chi connectivity index (χ4v) is 4.97. The van der Waals surface area contributed by atoms with Gasteiger partial charge in [0.1, 0.15) is 5.76 Å². The van der Waals surface area contributed by atoms with E-state index in [0.29, 0.717) is 23.9 Å². The Morgan fingerprint density at radius 1 is 1.29 bits per heavy atom. The zero-order chi connectivity index (χ0) is 19.6. The fraction of sp³-hybridized carbons (Fsp3) is 0.476. The van der Waals surface area contributed by atoms with Gasteiger partial charge in [0.15, 0.2) is 12.1 Å². The number of carbonyl (C=O) groups is 2. The molecule has 1 aliphatic carbocycles. The van der Waals surface area contributed by atoms with Crippen molar-refractivity contribution in [1.29, 1.82) is 0 Å². The van der Waals surface area contributed by atoms with Crippen LogP contribution in [0.3, 0.4) is 0 Å². The highest BCUT2D eigenvalue weighted by Gasteiger charge is 2.56. The molecule has 4 aliphatic rings. The summed E-state index contributed by atoms with van der Waals surface area (Å²) in [5.41, 5.74) is 3.58. The van der Waals surface area contributed by atoms with Crippen molar-refractivity contribution in [3.63, 3.8) is 0 Å². The number of aromatic nitrogens is 1. The Bertz CT molecular complexity index is 966. The first-order valence-electron chi connectivity index (χ1n) is 9.75. The smallest absolute Gasteiger partial charge is 0.275 e. The molecule has 1 aromatic carbocycles. The summed E-state index contributed by atoms with van der Waals surface area (Å²) in [6, 6.07) is 6.11. The number of hydrogen-bond acceptors (Lipinski definition) is 5. The van der Waals surface area contributed by atoms with Gasteiger partial charge in [0.2, 0.25) is 0 Å². The molecule has 0 spiro atoms. The Labute approximate surface area is 163 Å². The molecule has 2 bridgehead atoms. The maximum atomic E-state index is 13.2. The van der Waals surface area contributed by atoms with Gasteiger partial charge in [0.05, 0.1) is 0 Å². The van der Waals surface area contributed by atoms with Crippen LogP contribution in [0.1, 0.15) is 44.5 Å². The second-order valence-electron chi connectivity index (χ2n) is 8.33.